The SMILES string of the molecule is O=C1C(c2ccccc2O)=CC=CC1O. The van der Waals surface area contributed by atoms with Crippen LogP contribution in [0.3, 0.4) is 0 Å². The molecule has 2 rings (SSSR count). The second-order valence-corrected chi connectivity index (χ2v) is 3.29. The summed E-state index contributed by atoms with van der Waals surface area (Å²) in [5.74, 6) is -0.349. The van der Waals surface area contributed by atoms with E-state index in [1.165, 1.54) is 12.1 Å². The van der Waals surface area contributed by atoms with Crippen molar-refractivity contribution in [3.8, 4) is 5.75 Å². The van der Waals surface area contributed by atoms with E-state index in [9.17, 15) is 15.0 Å². The van der Waals surface area contributed by atoms with E-state index in [4.69, 9.17) is 0 Å². The number of para-hydroxylation sites is 1. The first-order valence-corrected chi connectivity index (χ1v) is 4.59. The number of benzene rings is 1. The molecule has 1 atom stereocenters. The predicted molar refractivity (Wildman–Crippen MR) is 56.2 cm³/mol. The minimum Gasteiger partial charge on any atom is -0.507 e. The first-order valence-electron chi connectivity index (χ1n) is 4.59. The molecule has 0 aromatic heterocycles. The number of aliphatic hydroxyl groups excluding tert-OH is 1. The third kappa shape index (κ3) is 1.69. The minimum atomic E-state index is -1.11. The second-order valence-electron chi connectivity index (χ2n) is 3.29. The average Bonchev–Trinajstić information content (AvgIpc) is 2.23. The summed E-state index contributed by atoms with van der Waals surface area (Å²) in [4.78, 5) is 11.6. The predicted octanol–water partition coefficient (Wildman–Crippen LogP) is 1.28. The molecule has 0 bridgehead atoms. The quantitative estimate of drug-likeness (QED) is 0.721. The van der Waals surface area contributed by atoms with E-state index in [2.05, 4.69) is 0 Å². The molecule has 1 aliphatic carbocycles. The number of hydrogen-bond donors (Lipinski definition) is 2. The van der Waals surface area contributed by atoms with Gasteiger partial charge in [-0.2, -0.15) is 0 Å². The smallest absolute Gasteiger partial charge is 0.195 e. The lowest BCUT2D eigenvalue weighted by Gasteiger charge is -2.13. The summed E-state index contributed by atoms with van der Waals surface area (Å²) >= 11 is 0. The molecular weight excluding hydrogens is 192 g/mol. The maximum absolute atomic E-state index is 11.6. The minimum absolute atomic E-state index is 0.0413. The number of aromatic hydroxyl groups is 1. The molecule has 0 aliphatic heterocycles. The number of hydrogen-bond acceptors (Lipinski definition) is 3. The summed E-state index contributed by atoms with van der Waals surface area (Å²) in [5.41, 5.74) is 0.786. The van der Waals surface area contributed by atoms with Gasteiger partial charge in [0.2, 0.25) is 0 Å². The van der Waals surface area contributed by atoms with Crippen LogP contribution in [0.4, 0.5) is 0 Å². The summed E-state index contributed by atoms with van der Waals surface area (Å²) in [6, 6.07) is 6.56. The number of aliphatic hydroxyl groups is 1. The van der Waals surface area contributed by atoms with Gasteiger partial charge in [-0.05, 0) is 12.1 Å². The van der Waals surface area contributed by atoms with Crippen molar-refractivity contribution in [2.75, 3.05) is 0 Å². The van der Waals surface area contributed by atoms with Crippen molar-refractivity contribution < 1.29 is 15.0 Å². The molecule has 0 spiro atoms. The van der Waals surface area contributed by atoms with Gasteiger partial charge in [0, 0.05) is 11.1 Å². The average molecular weight is 202 g/mol. The van der Waals surface area contributed by atoms with E-state index in [-0.39, 0.29) is 11.5 Å². The monoisotopic (exact) mass is 202 g/mol. The normalized spacial score (nSPS) is 20.2. The van der Waals surface area contributed by atoms with Crippen molar-refractivity contribution in [3.05, 3.63) is 48.1 Å². The highest BCUT2D eigenvalue weighted by Gasteiger charge is 2.22. The number of phenolic OH excluding ortho intramolecular Hbond substituents is 1. The molecule has 1 aromatic carbocycles. The lowest BCUT2D eigenvalue weighted by atomic mass is 9.94. The molecule has 0 saturated heterocycles. The van der Waals surface area contributed by atoms with E-state index < -0.39 is 6.10 Å². The first-order chi connectivity index (χ1) is 7.20. The maximum Gasteiger partial charge on any atom is 0.195 e. The molecule has 1 aliphatic rings. The number of ketones is 1. The standard InChI is InChI=1S/C12H10O3/c13-10-6-2-1-4-8(10)9-5-3-7-11(14)12(9)15/h1-7,11,13-14H. The fourth-order valence-electron chi connectivity index (χ4n) is 1.51. The second kappa shape index (κ2) is 3.71. The molecule has 0 radical (unpaired) electrons. The molecule has 3 heteroatoms. The largest absolute Gasteiger partial charge is 0.507 e. The first kappa shape index (κ1) is 9.68. The summed E-state index contributed by atoms with van der Waals surface area (Å²) < 4.78 is 0. The zero-order valence-corrected chi connectivity index (χ0v) is 7.92. The van der Waals surface area contributed by atoms with Crippen LogP contribution in [-0.2, 0) is 4.79 Å². The number of carbonyl (C=O) groups excluding carboxylic acids is 1. The van der Waals surface area contributed by atoms with Gasteiger partial charge in [-0.15, -0.1) is 0 Å². The highest BCUT2D eigenvalue weighted by Crippen LogP contribution is 2.27. The molecule has 3 nitrogen and oxygen atoms in total. The van der Waals surface area contributed by atoms with Crippen molar-refractivity contribution in [2.24, 2.45) is 0 Å². The van der Waals surface area contributed by atoms with E-state index in [0.29, 0.717) is 11.1 Å². The van der Waals surface area contributed by atoms with Crippen molar-refractivity contribution >= 4 is 11.4 Å². The molecule has 0 saturated carbocycles. The Morgan fingerprint density at radius 3 is 2.67 bits per heavy atom. The van der Waals surface area contributed by atoms with Crippen LogP contribution in [0.25, 0.3) is 5.57 Å². The van der Waals surface area contributed by atoms with E-state index in [1.54, 1.807) is 30.4 Å². The highest BCUT2D eigenvalue weighted by atomic mass is 16.3. The molecule has 15 heavy (non-hydrogen) atoms. The Labute approximate surface area is 87.0 Å². The van der Waals surface area contributed by atoms with E-state index in [0.717, 1.165) is 0 Å². The van der Waals surface area contributed by atoms with Gasteiger partial charge < -0.3 is 10.2 Å². The Morgan fingerprint density at radius 2 is 1.93 bits per heavy atom. The molecule has 1 unspecified atom stereocenters. The van der Waals surface area contributed by atoms with Crippen LogP contribution in [0.1, 0.15) is 5.56 Å². The molecular formula is C12H10O3. The number of carbonyl (C=O) groups is 1. The van der Waals surface area contributed by atoms with Crippen LogP contribution in [0.2, 0.25) is 0 Å². The molecule has 76 valence electrons. The van der Waals surface area contributed by atoms with Gasteiger partial charge in [-0.25, -0.2) is 0 Å². The number of Topliss-reactive ketones (excluding diaryl/α,β-unsaturated/α-hetero) is 1. The molecule has 2 N–H and O–H groups in total. The Bertz CT molecular complexity index is 458. The maximum atomic E-state index is 11.6. The number of allylic oxidation sites excluding steroid dienone is 2. The van der Waals surface area contributed by atoms with Crippen LogP contribution in [0, 0.1) is 0 Å². The van der Waals surface area contributed by atoms with Crippen molar-refractivity contribution in [2.45, 2.75) is 6.10 Å². The van der Waals surface area contributed by atoms with Gasteiger partial charge in [-0.1, -0.05) is 30.4 Å². The van der Waals surface area contributed by atoms with Crippen LogP contribution < -0.4 is 0 Å². The van der Waals surface area contributed by atoms with Crippen LogP contribution in [-0.4, -0.2) is 22.1 Å². The topological polar surface area (TPSA) is 57.5 Å². The Hall–Kier alpha value is -1.87. The van der Waals surface area contributed by atoms with Gasteiger partial charge >= 0.3 is 0 Å². The fraction of sp³-hybridized carbons (Fsp3) is 0.0833. The van der Waals surface area contributed by atoms with Crippen LogP contribution in [0.15, 0.2) is 42.5 Å². The summed E-state index contributed by atoms with van der Waals surface area (Å²) in [5, 5.41) is 18.9. The molecule has 0 heterocycles. The fourth-order valence-corrected chi connectivity index (χ4v) is 1.51. The third-order valence-electron chi connectivity index (χ3n) is 2.28. The van der Waals surface area contributed by atoms with Crippen LogP contribution >= 0.6 is 0 Å². The highest BCUT2D eigenvalue weighted by molar-refractivity contribution is 6.25. The molecule has 1 aromatic rings. The van der Waals surface area contributed by atoms with Crippen molar-refractivity contribution in [3.63, 3.8) is 0 Å². The number of rotatable bonds is 1. The Morgan fingerprint density at radius 1 is 1.20 bits per heavy atom. The van der Waals surface area contributed by atoms with E-state index >= 15 is 0 Å². The third-order valence-corrected chi connectivity index (χ3v) is 2.28. The van der Waals surface area contributed by atoms with Gasteiger partial charge in [0.25, 0.3) is 0 Å². The van der Waals surface area contributed by atoms with Gasteiger partial charge in [0.05, 0.1) is 0 Å². The van der Waals surface area contributed by atoms with Gasteiger partial charge in [0.1, 0.15) is 11.9 Å². The Kier molecular flexibility index (Phi) is 2.39. The summed E-state index contributed by atoms with van der Waals surface area (Å²) in [7, 11) is 0. The van der Waals surface area contributed by atoms with Crippen LogP contribution in [0.5, 0.6) is 5.75 Å². The molecule has 0 fully saturated rings. The van der Waals surface area contributed by atoms with Gasteiger partial charge in [0.15, 0.2) is 5.78 Å². The lowest BCUT2D eigenvalue weighted by Crippen LogP contribution is -2.21. The van der Waals surface area contributed by atoms with Gasteiger partial charge in [-0.3, -0.25) is 4.79 Å². The molecule has 0 amide bonds. The zero-order valence-electron chi connectivity index (χ0n) is 7.92. The van der Waals surface area contributed by atoms with E-state index in [1.807, 2.05) is 0 Å². The lowest BCUT2D eigenvalue weighted by molar-refractivity contribution is -0.119. The van der Waals surface area contributed by atoms with Crippen molar-refractivity contribution in [1.29, 1.82) is 0 Å². The Balaban J connectivity index is 2.48. The summed E-state index contributed by atoms with van der Waals surface area (Å²) in [6.45, 7) is 0. The number of phenols is 1. The zero-order chi connectivity index (χ0) is 10.8. The van der Waals surface area contributed by atoms with Crippen molar-refractivity contribution in [1.82, 2.24) is 0 Å². The summed E-state index contributed by atoms with van der Waals surface area (Å²) in [6.07, 6.45) is 3.49.